The summed E-state index contributed by atoms with van der Waals surface area (Å²) in [5, 5.41) is 0. The highest BCUT2D eigenvalue weighted by atomic mass is 32.2. The maximum absolute atomic E-state index is 12.6. The van der Waals surface area contributed by atoms with Crippen molar-refractivity contribution in [3.63, 3.8) is 0 Å². The molecule has 0 amide bonds. The van der Waals surface area contributed by atoms with Crippen molar-refractivity contribution < 1.29 is 13.2 Å². The third kappa shape index (κ3) is 5.23. The lowest BCUT2D eigenvalue weighted by molar-refractivity contribution is 0.339. The fourth-order valence-corrected chi connectivity index (χ4v) is 4.26. The van der Waals surface area contributed by atoms with E-state index >= 15 is 0 Å². The standard InChI is InChI=1S/C16H27NO3S/c1-4-7-8-13(5-2)12-21(18,19)16-11-14(20-6-3)9-10-15(16)17/h9-11,13H,4-8,12,17H2,1-3H3. The molecular formula is C16H27NO3S. The number of nitrogen functional groups attached to an aromatic ring is 1. The van der Waals surface area contributed by atoms with E-state index in [2.05, 4.69) is 6.92 Å². The summed E-state index contributed by atoms with van der Waals surface area (Å²) in [5.41, 5.74) is 6.15. The Hall–Kier alpha value is -1.23. The zero-order chi connectivity index (χ0) is 15.9. The molecule has 0 radical (unpaired) electrons. The molecule has 0 saturated carbocycles. The average molecular weight is 313 g/mol. The molecule has 0 saturated heterocycles. The van der Waals surface area contributed by atoms with Gasteiger partial charge in [0.1, 0.15) is 5.75 Å². The van der Waals surface area contributed by atoms with Crippen molar-refractivity contribution in [1.82, 2.24) is 0 Å². The Bertz CT molecular complexity index is 540. The van der Waals surface area contributed by atoms with Gasteiger partial charge in [-0.15, -0.1) is 0 Å². The van der Waals surface area contributed by atoms with Crippen LogP contribution in [0.2, 0.25) is 0 Å². The second-order valence-electron chi connectivity index (χ2n) is 5.33. The quantitative estimate of drug-likeness (QED) is 0.706. The average Bonchev–Trinajstić information content (AvgIpc) is 2.45. The number of ether oxygens (including phenoxy) is 1. The van der Waals surface area contributed by atoms with Gasteiger partial charge >= 0.3 is 0 Å². The van der Waals surface area contributed by atoms with E-state index in [1.54, 1.807) is 18.2 Å². The van der Waals surface area contributed by atoms with Gasteiger partial charge in [-0.2, -0.15) is 0 Å². The van der Waals surface area contributed by atoms with Crippen LogP contribution < -0.4 is 10.5 Å². The van der Waals surface area contributed by atoms with Crippen molar-refractivity contribution in [1.29, 1.82) is 0 Å². The van der Waals surface area contributed by atoms with Gasteiger partial charge in [-0.05, 0) is 31.4 Å². The molecule has 2 N–H and O–H groups in total. The van der Waals surface area contributed by atoms with Crippen LogP contribution in [0.1, 0.15) is 46.5 Å². The fraction of sp³-hybridized carbons (Fsp3) is 0.625. The Labute approximate surface area is 128 Å². The van der Waals surface area contributed by atoms with Crippen LogP contribution in [-0.2, 0) is 9.84 Å². The highest BCUT2D eigenvalue weighted by Crippen LogP contribution is 2.28. The lowest BCUT2D eigenvalue weighted by Crippen LogP contribution is -2.17. The number of anilines is 1. The number of unbranched alkanes of at least 4 members (excludes halogenated alkanes) is 1. The predicted octanol–water partition coefficient (Wildman–Crippen LogP) is 3.66. The zero-order valence-corrected chi connectivity index (χ0v) is 14.1. The molecule has 1 aromatic carbocycles. The largest absolute Gasteiger partial charge is 0.494 e. The summed E-state index contributed by atoms with van der Waals surface area (Å²) in [6.07, 6.45) is 3.95. The van der Waals surface area contributed by atoms with Crippen molar-refractivity contribution in [2.75, 3.05) is 18.1 Å². The van der Waals surface area contributed by atoms with E-state index in [0.717, 1.165) is 25.7 Å². The van der Waals surface area contributed by atoms with Crippen LogP contribution in [-0.4, -0.2) is 20.8 Å². The normalized spacial score (nSPS) is 13.1. The first-order valence-corrected chi connectivity index (χ1v) is 9.34. The minimum Gasteiger partial charge on any atom is -0.494 e. The molecule has 5 heteroatoms. The predicted molar refractivity (Wildman–Crippen MR) is 87.4 cm³/mol. The van der Waals surface area contributed by atoms with E-state index < -0.39 is 9.84 Å². The molecule has 120 valence electrons. The van der Waals surface area contributed by atoms with Crippen molar-refractivity contribution in [3.8, 4) is 5.75 Å². The van der Waals surface area contributed by atoms with Crippen LogP contribution in [0.5, 0.6) is 5.75 Å². The Morgan fingerprint density at radius 3 is 2.52 bits per heavy atom. The molecule has 1 aromatic rings. The van der Waals surface area contributed by atoms with Gasteiger partial charge < -0.3 is 10.5 Å². The minimum atomic E-state index is -3.38. The first kappa shape index (κ1) is 17.8. The van der Waals surface area contributed by atoms with Crippen molar-refractivity contribution in [3.05, 3.63) is 18.2 Å². The van der Waals surface area contributed by atoms with Gasteiger partial charge in [0, 0.05) is 6.07 Å². The molecule has 0 spiro atoms. The SMILES string of the molecule is CCCCC(CC)CS(=O)(=O)c1cc(OCC)ccc1N. The second-order valence-corrected chi connectivity index (χ2v) is 7.33. The molecule has 0 aliphatic carbocycles. The number of hydrogen-bond donors (Lipinski definition) is 1. The van der Waals surface area contributed by atoms with Gasteiger partial charge in [0.05, 0.1) is 22.9 Å². The summed E-state index contributed by atoms with van der Waals surface area (Å²) in [6, 6.07) is 4.85. The van der Waals surface area contributed by atoms with Crippen molar-refractivity contribution in [2.45, 2.75) is 51.3 Å². The Morgan fingerprint density at radius 1 is 1.24 bits per heavy atom. The second kappa shape index (κ2) is 8.27. The van der Waals surface area contributed by atoms with E-state index in [4.69, 9.17) is 10.5 Å². The smallest absolute Gasteiger partial charge is 0.180 e. The van der Waals surface area contributed by atoms with Gasteiger partial charge in [-0.1, -0.05) is 33.1 Å². The van der Waals surface area contributed by atoms with Gasteiger partial charge in [-0.25, -0.2) is 8.42 Å². The summed E-state index contributed by atoms with van der Waals surface area (Å²) in [4.78, 5) is 0.198. The maximum atomic E-state index is 12.6. The highest BCUT2D eigenvalue weighted by molar-refractivity contribution is 7.91. The van der Waals surface area contributed by atoms with Gasteiger partial charge in [0.15, 0.2) is 9.84 Å². The number of sulfone groups is 1. The molecule has 0 aliphatic heterocycles. The van der Waals surface area contributed by atoms with E-state index in [0.29, 0.717) is 18.0 Å². The molecule has 1 rings (SSSR count). The number of rotatable bonds is 9. The maximum Gasteiger partial charge on any atom is 0.180 e. The lowest BCUT2D eigenvalue weighted by atomic mass is 10.0. The number of benzene rings is 1. The fourth-order valence-electron chi connectivity index (χ4n) is 2.34. The van der Waals surface area contributed by atoms with E-state index in [9.17, 15) is 8.42 Å². The highest BCUT2D eigenvalue weighted by Gasteiger charge is 2.23. The first-order valence-electron chi connectivity index (χ1n) is 7.69. The van der Waals surface area contributed by atoms with Crippen molar-refractivity contribution in [2.24, 2.45) is 5.92 Å². The monoisotopic (exact) mass is 313 g/mol. The molecule has 0 aliphatic rings. The molecule has 1 atom stereocenters. The summed E-state index contributed by atoms with van der Waals surface area (Å²) in [6.45, 7) is 6.51. The molecule has 1 unspecified atom stereocenters. The van der Waals surface area contributed by atoms with Crippen molar-refractivity contribution >= 4 is 15.5 Å². The zero-order valence-electron chi connectivity index (χ0n) is 13.3. The lowest BCUT2D eigenvalue weighted by Gasteiger charge is -2.16. The van der Waals surface area contributed by atoms with E-state index in [1.807, 2.05) is 13.8 Å². The summed E-state index contributed by atoms with van der Waals surface area (Å²) in [7, 11) is -3.38. The molecule has 0 heterocycles. The van der Waals surface area contributed by atoms with Crippen LogP contribution in [0.4, 0.5) is 5.69 Å². The van der Waals surface area contributed by atoms with Crippen LogP contribution >= 0.6 is 0 Å². The Kier molecular flexibility index (Phi) is 7.02. The molecule has 0 fully saturated rings. The molecule has 0 bridgehead atoms. The summed E-state index contributed by atoms with van der Waals surface area (Å²) >= 11 is 0. The van der Waals surface area contributed by atoms with Crippen LogP contribution in [0.15, 0.2) is 23.1 Å². The third-order valence-corrected chi connectivity index (χ3v) is 5.56. The van der Waals surface area contributed by atoms with E-state index in [-0.39, 0.29) is 16.6 Å². The summed E-state index contributed by atoms with van der Waals surface area (Å²) < 4.78 is 30.6. The summed E-state index contributed by atoms with van der Waals surface area (Å²) in [5.74, 6) is 0.889. The molecule has 0 aromatic heterocycles. The first-order chi connectivity index (χ1) is 9.94. The topological polar surface area (TPSA) is 69.4 Å². The number of nitrogens with two attached hydrogens (primary N) is 1. The minimum absolute atomic E-state index is 0.156. The van der Waals surface area contributed by atoms with Gasteiger partial charge in [-0.3, -0.25) is 0 Å². The van der Waals surface area contributed by atoms with Gasteiger partial charge in [0.2, 0.25) is 0 Å². The third-order valence-electron chi connectivity index (χ3n) is 3.63. The van der Waals surface area contributed by atoms with Crippen LogP contribution in [0.3, 0.4) is 0 Å². The van der Waals surface area contributed by atoms with Crippen LogP contribution in [0.25, 0.3) is 0 Å². The van der Waals surface area contributed by atoms with E-state index in [1.165, 1.54) is 0 Å². The Balaban J connectivity index is 2.98. The molecular weight excluding hydrogens is 286 g/mol. The number of hydrogen-bond acceptors (Lipinski definition) is 4. The van der Waals surface area contributed by atoms with Gasteiger partial charge in [0.25, 0.3) is 0 Å². The molecule has 21 heavy (non-hydrogen) atoms. The Morgan fingerprint density at radius 2 is 1.95 bits per heavy atom. The van der Waals surface area contributed by atoms with Crippen LogP contribution in [0, 0.1) is 5.92 Å². The molecule has 4 nitrogen and oxygen atoms in total.